The third kappa shape index (κ3) is 3.56. The highest BCUT2D eigenvalue weighted by atomic mass is 35.5. The Morgan fingerprint density at radius 1 is 1.23 bits per heavy atom. The average Bonchev–Trinajstić information content (AvgIpc) is 3.10. The van der Waals surface area contributed by atoms with E-state index < -0.39 is 34.6 Å². The summed E-state index contributed by atoms with van der Waals surface area (Å²) in [6, 6.07) is 4.01. The molecule has 1 unspecified atom stereocenters. The predicted molar refractivity (Wildman–Crippen MR) is 135 cm³/mol. The Morgan fingerprint density at radius 3 is 2.69 bits per heavy atom. The number of cyclic esters (lactones) is 1. The number of aliphatic hydroxyl groups excluding tert-OH is 1. The van der Waals surface area contributed by atoms with Crippen LogP contribution in [0.3, 0.4) is 0 Å². The number of para-hydroxylation sites is 1. The number of amides is 2. The first-order chi connectivity index (χ1) is 16.7. The van der Waals surface area contributed by atoms with Gasteiger partial charge >= 0.3 is 5.97 Å². The molecule has 6 atom stereocenters. The van der Waals surface area contributed by atoms with Crippen LogP contribution in [0.25, 0.3) is 0 Å². The standard InChI is InChI=1S/C26H29ClN2O5S/c1-14(2)17(13-30)29-22-24(32)28(21-15(3)7-4-8-16(21)27)11-6-10-26(22)20(23(29)31)19-18(35-26)9-5-12-34-25(19)33/h4-10,14,17-20,22,30H,11-13H2,1-3H3/t17-,18-,19+,20-,22?,26-/m0/s1. The first-order valence-electron chi connectivity index (χ1n) is 11.9. The topological polar surface area (TPSA) is 87.2 Å². The van der Waals surface area contributed by atoms with Crippen molar-refractivity contribution in [1.82, 2.24) is 4.90 Å². The van der Waals surface area contributed by atoms with Gasteiger partial charge < -0.3 is 19.6 Å². The van der Waals surface area contributed by atoms with E-state index in [0.717, 1.165) is 5.56 Å². The Hall–Kier alpha value is -2.29. The zero-order valence-corrected chi connectivity index (χ0v) is 21.5. The highest BCUT2D eigenvalue weighted by molar-refractivity contribution is 8.02. The first kappa shape index (κ1) is 24.4. The molecular formula is C26H29ClN2O5S. The predicted octanol–water partition coefficient (Wildman–Crippen LogP) is 2.98. The summed E-state index contributed by atoms with van der Waals surface area (Å²) in [5.74, 6) is -2.53. The van der Waals surface area contributed by atoms with Crippen molar-refractivity contribution in [3.8, 4) is 0 Å². The van der Waals surface area contributed by atoms with Crippen molar-refractivity contribution in [2.75, 3.05) is 24.7 Å². The van der Waals surface area contributed by atoms with Gasteiger partial charge in [-0.15, -0.1) is 11.8 Å². The maximum absolute atomic E-state index is 14.4. The summed E-state index contributed by atoms with van der Waals surface area (Å²) < 4.78 is 4.44. The number of ether oxygens (including phenoxy) is 1. The van der Waals surface area contributed by atoms with Gasteiger partial charge in [0.25, 0.3) is 5.91 Å². The number of rotatable bonds is 4. The molecule has 0 aliphatic carbocycles. The molecule has 5 rings (SSSR count). The van der Waals surface area contributed by atoms with E-state index in [4.69, 9.17) is 16.3 Å². The maximum atomic E-state index is 14.4. The molecule has 0 saturated carbocycles. The number of thioether (sulfide) groups is 1. The Bertz CT molecular complexity index is 1120. The van der Waals surface area contributed by atoms with E-state index >= 15 is 0 Å². The summed E-state index contributed by atoms with van der Waals surface area (Å²) in [7, 11) is 0. The molecule has 2 fully saturated rings. The molecule has 1 aromatic rings. The van der Waals surface area contributed by atoms with E-state index in [2.05, 4.69) is 0 Å². The molecule has 2 amide bonds. The normalized spacial score (nSPS) is 32.8. The summed E-state index contributed by atoms with van der Waals surface area (Å²) in [5.41, 5.74) is 1.46. The smallest absolute Gasteiger partial charge is 0.311 e. The van der Waals surface area contributed by atoms with Gasteiger partial charge in [-0.2, -0.15) is 0 Å². The van der Waals surface area contributed by atoms with Crippen molar-refractivity contribution in [3.05, 3.63) is 53.1 Å². The van der Waals surface area contributed by atoms with E-state index in [1.165, 1.54) is 11.8 Å². The average molecular weight is 517 g/mol. The van der Waals surface area contributed by atoms with Crippen LogP contribution in [-0.4, -0.2) is 69.6 Å². The lowest BCUT2D eigenvalue weighted by Gasteiger charge is -2.40. The van der Waals surface area contributed by atoms with Crippen molar-refractivity contribution in [2.45, 2.75) is 42.9 Å². The Balaban J connectivity index is 1.69. The second-order valence-corrected chi connectivity index (χ2v) is 11.8. The number of esters is 1. The van der Waals surface area contributed by atoms with Crippen molar-refractivity contribution < 1.29 is 24.2 Å². The molecule has 1 spiro atoms. The van der Waals surface area contributed by atoms with Crippen molar-refractivity contribution in [3.63, 3.8) is 0 Å². The second kappa shape index (κ2) is 8.98. The Kier molecular flexibility index (Phi) is 6.26. The van der Waals surface area contributed by atoms with E-state index in [1.807, 2.05) is 51.1 Å². The van der Waals surface area contributed by atoms with Gasteiger partial charge in [0.1, 0.15) is 12.6 Å². The highest BCUT2D eigenvalue weighted by Crippen LogP contribution is 2.61. The number of nitrogens with zero attached hydrogens (tertiary/aromatic N) is 2. The number of hydrogen-bond donors (Lipinski definition) is 1. The number of carbonyl (C=O) groups is 3. The van der Waals surface area contributed by atoms with Crippen LogP contribution in [0.5, 0.6) is 0 Å². The number of hydrogen-bond acceptors (Lipinski definition) is 6. The maximum Gasteiger partial charge on any atom is 0.311 e. The van der Waals surface area contributed by atoms with Gasteiger partial charge in [-0.25, -0.2) is 0 Å². The molecule has 2 saturated heterocycles. The third-order valence-corrected chi connectivity index (χ3v) is 9.67. The molecule has 1 aromatic carbocycles. The quantitative estimate of drug-likeness (QED) is 0.489. The van der Waals surface area contributed by atoms with Gasteiger partial charge in [-0.3, -0.25) is 14.4 Å². The molecule has 7 nitrogen and oxygen atoms in total. The fraction of sp³-hybridized carbons (Fsp3) is 0.500. The zero-order valence-electron chi connectivity index (χ0n) is 19.9. The van der Waals surface area contributed by atoms with Crippen molar-refractivity contribution in [2.24, 2.45) is 17.8 Å². The van der Waals surface area contributed by atoms with Crippen LogP contribution in [-0.2, 0) is 19.1 Å². The van der Waals surface area contributed by atoms with Gasteiger partial charge in [-0.1, -0.05) is 61.9 Å². The van der Waals surface area contributed by atoms with Crippen LogP contribution in [0, 0.1) is 24.7 Å². The summed E-state index contributed by atoms with van der Waals surface area (Å²) >= 11 is 8.05. The van der Waals surface area contributed by atoms with Gasteiger partial charge in [0.2, 0.25) is 5.91 Å². The number of benzene rings is 1. The highest BCUT2D eigenvalue weighted by Gasteiger charge is 2.72. The van der Waals surface area contributed by atoms with E-state index in [0.29, 0.717) is 10.7 Å². The fourth-order valence-corrected chi connectivity index (χ4v) is 8.36. The first-order valence-corrected chi connectivity index (χ1v) is 13.2. The second-order valence-electron chi connectivity index (χ2n) is 9.90. The van der Waals surface area contributed by atoms with Crippen LogP contribution in [0.1, 0.15) is 19.4 Å². The fourth-order valence-electron chi connectivity index (χ4n) is 6.05. The molecule has 0 radical (unpaired) electrons. The number of halogens is 1. The summed E-state index contributed by atoms with van der Waals surface area (Å²) in [5, 5.41) is 10.5. The molecular weight excluding hydrogens is 488 g/mol. The van der Waals surface area contributed by atoms with Crippen LogP contribution in [0.2, 0.25) is 5.02 Å². The van der Waals surface area contributed by atoms with Crippen LogP contribution in [0.15, 0.2) is 42.5 Å². The Labute approximate surface area is 214 Å². The molecule has 1 N–H and O–H groups in total. The van der Waals surface area contributed by atoms with Gasteiger partial charge in [-0.05, 0) is 24.5 Å². The van der Waals surface area contributed by atoms with E-state index in [-0.39, 0.29) is 42.7 Å². The molecule has 4 heterocycles. The molecule has 0 bridgehead atoms. The molecule has 186 valence electrons. The van der Waals surface area contributed by atoms with Gasteiger partial charge in [0.05, 0.1) is 39.9 Å². The monoisotopic (exact) mass is 516 g/mol. The Morgan fingerprint density at radius 2 is 2.00 bits per heavy atom. The summed E-state index contributed by atoms with van der Waals surface area (Å²) in [6.45, 7) is 5.91. The van der Waals surface area contributed by atoms with Crippen molar-refractivity contribution in [1.29, 1.82) is 0 Å². The molecule has 4 aliphatic heterocycles. The lowest BCUT2D eigenvalue weighted by atomic mass is 9.78. The van der Waals surface area contributed by atoms with Crippen LogP contribution < -0.4 is 4.90 Å². The SMILES string of the molecule is Cc1cccc(Cl)c1N1CC=C[C@]23S[C@H]4C=CCOC(=O)[C@H]4[C@H]2C(=O)N([C@@H](CO)C(C)C)C3C1=O. The number of aryl methyl sites for hydroxylation is 1. The molecule has 9 heteroatoms. The van der Waals surface area contributed by atoms with Crippen molar-refractivity contribution >= 4 is 46.8 Å². The largest absolute Gasteiger partial charge is 0.461 e. The number of anilines is 1. The number of fused-ring (bicyclic) bond motifs is 2. The van der Waals surface area contributed by atoms with Crippen LogP contribution >= 0.6 is 23.4 Å². The minimum absolute atomic E-state index is 0.0999. The minimum Gasteiger partial charge on any atom is -0.461 e. The lowest BCUT2D eigenvalue weighted by molar-refractivity contribution is -0.152. The van der Waals surface area contributed by atoms with Crippen LogP contribution in [0.4, 0.5) is 5.69 Å². The third-order valence-electron chi connectivity index (χ3n) is 7.62. The number of aliphatic hydroxyl groups is 1. The van der Waals surface area contributed by atoms with Gasteiger partial charge in [0.15, 0.2) is 0 Å². The number of carbonyl (C=O) groups excluding carboxylic acids is 3. The number of likely N-dealkylation sites (tertiary alicyclic amines) is 1. The summed E-state index contributed by atoms with van der Waals surface area (Å²) in [6.07, 6.45) is 7.57. The minimum atomic E-state index is -0.962. The molecule has 0 aromatic heterocycles. The summed E-state index contributed by atoms with van der Waals surface area (Å²) in [4.78, 5) is 44.8. The molecule has 4 aliphatic rings. The lowest BCUT2D eigenvalue weighted by Crippen LogP contribution is -2.57. The van der Waals surface area contributed by atoms with Gasteiger partial charge in [0, 0.05) is 11.8 Å². The molecule has 35 heavy (non-hydrogen) atoms. The van der Waals surface area contributed by atoms with E-state index in [9.17, 15) is 19.5 Å². The van der Waals surface area contributed by atoms with E-state index in [1.54, 1.807) is 21.9 Å². The zero-order chi connectivity index (χ0) is 25.1.